The highest BCUT2D eigenvalue weighted by molar-refractivity contribution is 6.36. The molecule has 6 nitrogen and oxygen atoms in total. The molecule has 0 aliphatic carbocycles. The van der Waals surface area contributed by atoms with E-state index in [0.717, 1.165) is 16.8 Å². The molecule has 0 saturated heterocycles. The van der Waals surface area contributed by atoms with Crippen molar-refractivity contribution in [1.82, 2.24) is 19.7 Å². The molecule has 1 N–H and O–H groups in total. The first-order valence-corrected chi connectivity index (χ1v) is 8.13. The number of hydrogen-bond acceptors (Lipinski definition) is 4. The van der Waals surface area contributed by atoms with Gasteiger partial charge in [-0.05, 0) is 32.9 Å². The molecule has 1 amide bonds. The number of carbonyl (C=O) groups excluding carboxylic acids is 1. The van der Waals surface area contributed by atoms with Crippen LogP contribution in [0.4, 0.5) is 5.82 Å². The summed E-state index contributed by atoms with van der Waals surface area (Å²) in [5.74, 6) is -0.0600. The van der Waals surface area contributed by atoms with Crippen LogP contribution in [0.25, 0.3) is 11.0 Å². The molecule has 3 rings (SSSR count). The van der Waals surface area contributed by atoms with Gasteiger partial charge in [-0.1, -0.05) is 23.2 Å². The number of fused-ring (bicyclic) bond motifs is 1. The Labute approximate surface area is 148 Å². The number of aromatic nitrogens is 4. The fraction of sp³-hybridized carbons (Fsp3) is 0.250. The van der Waals surface area contributed by atoms with E-state index in [0.29, 0.717) is 22.8 Å². The molecular formula is C16H15Cl2N5O. The highest BCUT2D eigenvalue weighted by atomic mass is 35.5. The van der Waals surface area contributed by atoms with E-state index in [1.54, 1.807) is 10.7 Å². The second kappa shape index (κ2) is 6.37. The van der Waals surface area contributed by atoms with Crippen molar-refractivity contribution in [1.29, 1.82) is 0 Å². The molecule has 3 aromatic heterocycles. The Bertz CT molecular complexity index is 951. The lowest BCUT2D eigenvalue weighted by Gasteiger charge is -2.09. The quantitative estimate of drug-likeness (QED) is 0.762. The second-order valence-corrected chi connectivity index (χ2v) is 6.19. The molecule has 0 aliphatic heterocycles. The van der Waals surface area contributed by atoms with Crippen LogP contribution in [0.5, 0.6) is 0 Å². The molecule has 24 heavy (non-hydrogen) atoms. The van der Waals surface area contributed by atoms with Crippen molar-refractivity contribution < 1.29 is 4.79 Å². The molecule has 3 aromatic rings. The van der Waals surface area contributed by atoms with Gasteiger partial charge in [0.2, 0.25) is 0 Å². The van der Waals surface area contributed by atoms with E-state index in [1.807, 2.05) is 20.8 Å². The molecule has 0 unspecified atom stereocenters. The van der Waals surface area contributed by atoms with Gasteiger partial charge in [0.1, 0.15) is 0 Å². The Hall–Kier alpha value is -2.18. The predicted octanol–water partition coefficient (Wildman–Crippen LogP) is 4.02. The zero-order valence-corrected chi connectivity index (χ0v) is 14.9. The summed E-state index contributed by atoms with van der Waals surface area (Å²) in [7, 11) is 0. The Kier molecular flexibility index (Phi) is 4.43. The van der Waals surface area contributed by atoms with Crippen LogP contribution in [-0.4, -0.2) is 25.7 Å². The number of carbonyl (C=O) groups is 1. The summed E-state index contributed by atoms with van der Waals surface area (Å²) >= 11 is 11.9. The maximum absolute atomic E-state index is 12.8. The first kappa shape index (κ1) is 16.7. The average Bonchev–Trinajstić information content (AvgIpc) is 2.85. The maximum atomic E-state index is 12.8. The monoisotopic (exact) mass is 363 g/mol. The number of halogens is 2. The summed E-state index contributed by atoms with van der Waals surface area (Å²) in [6.07, 6.45) is 1.43. The van der Waals surface area contributed by atoms with E-state index in [1.165, 1.54) is 12.3 Å². The second-order valence-electron chi connectivity index (χ2n) is 5.35. The highest BCUT2D eigenvalue weighted by Gasteiger charge is 2.19. The third-order valence-corrected chi connectivity index (χ3v) is 4.08. The molecular weight excluding hydrogens is 349 g/mol. The molecule has 124 valence electrons. The van der Waals surface area contributed by atoms with Gasteiger partial charge in [-0.25, -0.2) is 14.6 Å². The van der Waals surface area contributed by atoms with Crippen molar-refractivity contribution in [2.24, 2.45) is 0 Å². The number of anilines is 1. The highest BCUT2D eigenvalue weighted by Crippen LogP contribution is 2.26. The molecule has 0 saturated carbocycles. The molecule has 0 spiro atoms. The van der Waals surface area contributed by atoms with Crippen LogP contribution in [-0.2, 0) is 6.54 Å². The van der Waals surface area contributed by atoms with Gasteiger partial charge >= 0.3 is 0 Å². The number of nitrogens with zero attached hydrogens (tertiary/aromatic N) is 4. The van der Waals surface area contributed by atoms with Crippen molar-refractivity contribution in [3.63, 3.8) is 0 Å². The maximum Gasteiger partial charge on any atom is 0.257 e. The molecule has 0 radical (unpaired) electrons. The SMILES string of the molecule is CCn1nc(C)c2c(C(=O)Nc3ncc(Cl)cc3Cl)cc(C)nc21. The number of hydrogen-bond donors (Lipinski definition) is 1. The van der Waals surface area contributed by atoms with Crippen molar-refractivity contribution in [3.8, 4) is 0 Å². The van der Waals surface area contributed by atoms with Gasteiger partial charge in [0.05, 0.1) is 26.7 Å². The molecule has 0 aromatic carbocycles. The van der Waals surface area contributed by atoms with Crippen LogP contribution >= 0.6 is 23.2 Å². The van der Waals surface area contributed by atoms with Crippen LogP contribution < -0.4 is 5.32 Å². The molecule has 8 heteroatoms. The van der Waals surface area contributed by atoms with E-state index < -0.39 is 0 Å². The van der Waals surface area contributed by atoms with Gasteiger partial charge in [-0.2, -0.15) is 5.10 Å². The Morgan fingerprint density at radius 1 is 1.29 bits per heavy atom. The fourth-order valence-corrected chi connectivity index (χ4v) is 2.99. The summed E-state index contributed by atoms with van der Waals surface area (Å²) in [4.78, 5) is 21.3. The Morgan fingerprint density at radius 3 is 2.71 bits per heavy atom. The number of amides is 1. The first-order valence-electron chi connectivity index (χ1n) is 7.38. The molecule has 0 fully saturated rings. The topological polar surface area (TPSA) is 72.7 Å². The minimum Gasteiger partial charge on any atom is -0.305 e. The third kappa shape index (κ3) is 2.95. The minimum absolute atomic E-state index is 0.259. The molecule has 3 heterocycles. The van der Waals surface area contributed by atoms with Crippen molar-refractivity contribution in [3.05, 3.63) is 45.3 Å². The lowest BCUT2D eigenvalue weighted by atomic mass is 10.1. The van der Waals surface area contributed by atoms with E-state index in [9.17, 15) is 4.79 Å². The van der Waals surface area contributed by atoms with Crippen LogP contribution in [0.3, 0.4) is 0 Å². The average molecular weight is 364 g/mol. The summed E-state index contributed by atoms with van der Waals surface area (Å²) in [5.41, 5.74) is 2.66. The zero-order chi connectivity index (χ0) is 17.4. The van der Waals surface area contributed by atoms with E-state index >= 15 is 0 Å². The number of aryl methyl sites for hydroxylation is 3. The largest absolute Gasteiger partial charge is 0.305 e. The van der Waals surface area contributed by atoms with Gasteiger partial charge in [0, 0.05) is 18.4 Å². The van der Waals surface area contributed by atoms with Crippen molar-refractivity contribution in [2.75, 3.05) is 5.32 Å². The normalized spacial score (nSPS) is 11.0. The van der Waals surface area contributed by atoms with E-state index in [4.69, 9.17) is 23.2 Å². The number of pyridine rings is 2. The van der Waals surface area contributed by atoms with Gasteiger partial charge < -0.3 is 5.32 Å². The molecule has 0 aliphatic rings. The fourth-order valence-electron chi connectivity index (χ4n) is 2.56. The van der Waals surface area contributed by atoms with Crippen molar-refractivity contribution in [2.45, 2.75) is 27.3 Å². The number of rotatable bonds is 3. The minimum atomic E-state index is -0.319. The Balaban J connectivity index is 2.08. The van der Waals surface area contributed by atoms with E-state index in [-0.39, 0.29) is 16.7 Å². The van der Waals surface area contributed by atoms with Crippen molar-refractivity contribution >= 4 is 46.0 Å². The van der Waals surface area contributed by atoms with Gasteiger partial charge in [-0.3, -0.25) is 4.79 Å². The lowest BCUT2D eigenvalue weighted by Crippen LogP contribution is -2.14. The van der Waals surface area contributed by atoms with Crippen LogP contribution in [0.2, 0.25) is 10.0 Å². The van der Waals surface area contributed by atoms with Gasteiger partial charge in [-0.15, -0.1) is 0 Å². The Morgan fingerprint density at radius 2 is 2.04 bits per heavy atom. The molecule has 0 bridgehead atoms. The standard InChI is InChI=1S/C16H15Cl2N5O/c1-4-23-15-13(9(3)22-23)11(5-8(2)20-15)16(24)21-14-12(18)6-10(17)7-19-14/h5-7H,4H2,1-3H3,(H,19,21,24). The summed E-state index contributed by atoms with van der Waals surface area (Å²) in [6, 6.07) is 3.26. The van der Waals surface area contributed by atoms with Crippen LogP contribution in [0.1, 0.15) is 28.7 Å². The summed E-state index contributed by atoms with van der Waals surface area (Å²) in [5, 5.41) is 8.57. The first-order chi connectivity index (χ1) is 11.4. The summed E-state index contributed by atoms with van der Waals surface area (Å²) < 4.78 is 1.78. The van der Waals surface area contributed by atoms with Crippen LogP contribution in [0, 0.1) is 13.8 Å². The summed E-state index contributed by atoms with van der Waals surface area (Å²) in [6.45, 7) is 6.35. The van der Waals surface area contributed by atoms with Gasteiger partial charge in [0.15, 0.2) is 11.5 Å². The molecule has 0 atom stereocenters. The van der Waals surface area contributed by atoms with E-state index in [2.05, 4.69) is 20.4 Å². The zero-order valence-electron chi connectivity index (χ0n) is 13.4. The van der Waals surface area contributed by atoms with Crippen LogP contribution in [0.15, 0.2) is 18.3 Å². The third-order valence-electron chi connectivity index (χ3n) is 3.59. The lowest BCUT2D eigenvalue weighted by molar-refractivity contribution is 0.102. The smallest absolute Gasteiger partial charge is 0.257 e. The number of nitrogens with one attached hydrogen (secondary N) is 1. The predicted molar refractivity (Wildman–Crippen MR) is 94.9 cm³/mol. The van der Waals surface area contributed by atoms with Gasteiger partial charge in [0.25, 0.3) is 5.91 Å².